The molecule has 4 heteroatoms. The summed E-state index contributed by atoms with van der Waals surface area (Å²) in [6.07, 6.45) is 1.70. The van der Waals surface area contributed by atoms with Gasteiger partial charge in [-0.2, -0.15) is 0 Å². The lowest BCUT2D eigenvalue weighted by Gasteiger charge is -2.13. The van der Waals surface area contributed by atoms with E-state index in [1.165, 1.54) is 0 Å². The molecule has 0 saturated carbocycles. The summed E-state index contributed by atoms with van der Waals surface area (Å²) in [4.78, 5) is 3.98. The van der Waals surface area contributed by atoms with Crippen LogP contribution in [0.5, 0.6) is 5.88 Å². The van der Waals surface area contributed by atoms with Gasteiger partial charge in [-0.1, -0.05) is 0 Å². The third-order valence-electron chi connectivity index (χ3n) is 1.30. The minimum atomic E-state index is 0.613. The molecule has 1 aromatic rings. The van der Waals surface area contributed by atoms with Crippen molar-refractivity contribution in [2.75, 3.05) is 26.6 Å². The molecule has 1 heterocycles. The van der Waals surface area contributed by atoms with Gasteiger partial charge in [-0.3, -0.25) is 0 Å². The number of hydrogen-bond acceptors (Lipinski definition) is 4. The third kappa shape index (κ3) is 2.39. The van der Waals surface area contributed by atoms with Crippen molar-refractivity contribution in [3.63, 3.8) is 0 Å². The van der Waals surface area contributed by atoms with Crippen molar-refractivity contribution in [2.45, 2.75) is 0 Å². The van der Waals surface area contributed by atoms with E-state index in [0.29, 0.717) is 5.88 Å². The molecular formula is C8H13N3O. The molecule has 0 unspecified atom stereocenters. The maximum absolute atomic E-state index is 4.97. The minimum Gasteiger partial charge on any atom is -0.481 e. The van der Waals surface area contributed by atoms with E-state index in [1.54, 1.807) is 13.3 Å². The quantitative estimate of drug-likeness (QED) is 0.681. The maximum atomic E-state index is 4.97. The zero-order valence-electron chi connectivity index (χ0n) is 7.53. The number of nitrogens with one attached hydrogen (secondary N) is 1. The smallest absolute Gasteiger partial charge is 0.215 e. The number of pyridine rings is 1. The van der Waals surface area contributed by atoms with Crippen LogP contribution >= 0.6 is 0 Å². The first kappa shape index (κ1) is 8.80. The highest BCUT2D eigenvalue weighted by atomic mass is 16.5. The van der Waals surface area contributed by atoms with E-state index in [1.807, 2.05) is 31.2 Å². The van der Waals surface area contributed by atoms with Gasteiger partial charge in [0.05, 0.1) is 12.8 Å². The highest BCUT2D eigenvalue weighted by Crippen LogP contribution is 2.12. The van der Waals surface area contributed by atoms with Gasteiger partial charge in [0, 0.05) is 26.4 Å². The molecule has 12 heavy (non-hydrogen) atoms. The summed E-state index contributed by atoms with van der Waals surface area (Å²) < 4.78 is 4.97. The Morgan fingerprint density at radius 2 is 2.25 bits per heavy atom. The molecule has 0 amide bonds. The molecule has 66 valence electrons. The van der Waals surface area contributed by atoms with Crippen molar-refractivity contribution in [1.29, 1.82) is 0 Å². The molecule has 0 aliphatic heterocycles. The first-order valence-electron chi connectivity index (χ1n) is 3.66. The summed E-state index contributed by atoms with van der Waals surface area (Å²) in [5.41, 5.74) is 4.06. The lowest BCUT2D eigenvalue weighted by molar-refractivity contribution is 0.397. The van der Waals surface area contributed by atoms with Gasteiger partial charge in [0.2, 0.25) is 5.88 Å². The van der Waals surface area contributed by atoms with Gasteiger partial charge < -0.3 is 10.2 Å². The van der Waals surface area contributed by atoms with E-state index in [2.05, 4.69) is 10.4 Å². The Bertz CT molecular complexity index is 250. The van der Waals surface area contributed by atoms with Crippen LogP contribution in [0.3, 0.4) is 0 Å². The largest absolute Gasteiger partial charge is 0.481 e. The van der Waals surface area contributed by atoms with Crippen molar-refractivity contribution in [2.24, 2.45) is 0 Å². The summed E-state index contributed by atoms with van der Waals surface area (Å²) in [7, 11) is 5.45. The van der Waals surface area contributed by atoms with Crippen molar-refractivity contribution in [3.05, 3.63) is 18.3 Å². The standard InChI is InChI=1S/C8H13N3O/c1-11(2)10-7-4-5-9-8(6-7)12-3/h4-6H,1-3H3,(H,9,10). The minimum absolute atomic E-state index is 0.613. The molecule has 0 fully saturated rings. The summed E-state index contributed by atoms with van der Waals surface area (Å²) in [5, 5.41) is 1.86. The van der Waals surface area contributed by atoms with Crippen LogP contribution < -0.4 is 10.2 Å². The fraction of sp³-hybridized carbons (Fsp3) is 0.375. The van der Waals surface area contributed by atoms with Gasteiger partial charge in [0.1, 0.15) is 0 Å². The monoisotopic (exact) mass is 167 g/mol. The summed E-state index contributed by atoms with van der Waals surface area (Å²) in [6, 6.07) is 3.71. The van der Waals surface area contributed by atoms with E-state index >= 15 is 0 Å². The van der Waals surface area contributed by atoms with Crippen LogP contribution in [-0.2, 0) is 0 Å². The second-order valence-corrected chi connectivity index (χ2v) is 2.59. The third-order valence-corrected chi connectivity index (χ3v) is 1.30. The van der Waals surface area contributed by atoms with E-state index in [4.69, 9.17) is 4.74 Å². The van der Waals surface area contributed by atoms with Crippen LogP contribution in [0.1, 0.15) is 0 Å². The van der Waals surface area contributed by atoms with Crippen molar-refractivity contribution in [1.82, 2.24) is 9.99 Å². The SMILES string of the molecule is COc1cc(NN(C)C)ccn1. The Balaban J connectivity index is 2.72. The van der Waals surface area contributed by atoms with Crippen LogP contribution in [0.15, 0.2) is 18.3 Å². The van der Waals surface area contributed by atoms with Crippen LogP contribution in [0, 0.1) is 0 Å². The number of hydrogen-bond donors (Lipinski definition) is 1. The first-order chi connectivity index (χ1) is 5.72. The molecule has 1 N–H and O–H groups in total. The second-order valence-electron chi connectivity index (χ2n) is 2.59. The molecule has 0 aromatic carbocycles. The van der Waals surface area contributed by atoms with E-state index in [9.17, 15) is 0 Å². The zero-order valence-corrected chi connectivity index (χ0v) is 7.53. The van der Waals surface area contributed by atoms with Crippen LogP contribution in [0.25, 0.3) is 0 Å². The maximum Gasteiger partial charge on any atom is 0.215 e. The number of rotatable bonds is 3. The molecule has 1 aromatic heterocycles. The summed E-state index contributed by atoms with van der Waals surface area (Å²) in [6.45, 7) is 0. The normalized spacial score (nSPS) is 10.0. The van der Waals surface area contributed by atoms with Crippen LogP contribution in [0.2, 0.25) is 0 Å². The van der Waals surface area contributed by atoms with Crippen LogP contribution in [-0.4, -0.2) is 31.2 Å². The molecular weight excluding hydrogens is 154 g/mol. The lowest BCUT2D eigenvalue weighted by Crippen LogP contribution is -2.19. The Hall–Kier alpha value is -1.29. The van der Waals surface area contributed by atoms with Gasteiger partial charge in [0.25, 0.3) is 0 Å². The molecule has 4 nitrogen and oxygen atoms in total. The predicted octanol–water partition coefficient (Wildman–Crippen LogP) is 0.979. The van der Waals surface area contributed by atoms with Gasteiger partial charge in [0.15, 0.2) is 0 Å². The molecule has 0 spiro atoms. The van der Waals surface area contributed by atoms with Crippen molar-refractivity contribution < 1.29 is 4.74 Å². The molecule has 0 atom stereocenters. The topological polar surface area (TPSA) is 37.4 Å². The van der Waals surface area contributed by atoms with Crippen molar-refractivity contribution in [3.8, 4) is 5.88 Å². The molecule has 0 aliphatic rings. The number of hydrazine groups is 1. The Labute approximate surface area is 72.1 Å². The average Bonchev–Trinajstić information content (AvgIpc) is 2.03. The van der Waals surface area contributed by atoms with Crippen molar-refractivity contribution >= 4 is 5.69 Å². The Kier molecular flexibility index (Phi) is 2.88. The average molecular weight is 167 g/mol. The predicted molar refractivity (Wildman–Crippen MR) is 48.1 cm³/mol. The Morgan fingerprint density at radius 3 is 2.83 bits per heavy atom. The number of ether oxygens (including phenoxy) is 1. The number of methoxy groups -OCH3 is 1. The Morgan fingerprint density at radius 1 is 1.50 bits per heavy atom. The molecule has 0 bridgehead atoms. The van der Waals surface area contributed by atoms with Gasteiger partial charge in [-0.25, -0.2) is 9.99 Å². The van der Waals surface area contributed by atoms with E-state index < -0.39 is 0 Å². The van der Waals surface area contributed by atoms with Gasteiger partial charge in [-0.05, 0) is 6.07 Å². The zero-order chi connectivity index (χ0) is 8.97. The fourth-order valence-electron chi connectivity index (χ4n) is 0.849. The first-order valence-corrected chi connectivity index (χ1v) is 3.66. The number of anilines is 1. The van der Waals surface area contributed by atoms with Gasteiger partial charge >= 0.3 is 0 Å². The van der Waals surface area contributed by atoms with Gasteiger partial charge in [-0.15, -0.1) is 0 Å². The lowest BCUT2D eigenvalue weighted by atomic mass is 10.4. The number of aromatic nitrogens is 1. The molecule has 1 rings (SSSR count). The molecule has 0 saturated heterocycles. The van der Waals surface area contributed by atoms with E-state index in [0.717, 1.165) is 5.69 Å². The second kappa shape index (κ2) is 3.92. The summed E-state index contributed by atoms with van der Waals surface area (Å²) >= 11 is 0. The molecule has 0 radical (unpaired) electrons. The van der Waals surface area contributed by atoms with E-state index in [-0.39, 0.29) is 0 Å². The highest BCUT2D eigenvalue weighted by Gasteiger charge is 1.95. The van der Waals surface area contributed by atoms with Crippen LogP contribution in [0.4, 0.5) is 5.69 Å². The fourth-order valence-corrected chi connectivity index (χ4v) is 0.849. The number of nitrogens with zero attached hydrogens (tertiary/aromatic N) is 2. The molecule has 0 aliphatic carbocycles. The highest BCUT2D eigenvalue weighted by molar-refractivity contribution is 5.43. The summed E-state index contributed by atoms with van der Waals surface area (Å²) in [5.74, 6) is 0.613.